The molecule has 7 nitrogen and oxygen atoms in total. The second kappa shape index (κ2) is 8.22. The lowest BCUT2D eigenvalue weighted by Crippen LogP contribution is -2.53. The maximum Gasteiger partial charge on any atom is 0.228 e. The molecule has 1 N–H and O–H groups in total. The number of methoxy groups -OCH3 is 1. The summed E-state index contributed by atoms with van der Waals surface area (Å²) in [5.41, 5.74) is 2.09. The molecule has 0 radical (unpaired) electrons. The van der Waals surface area contributed by atoms with Crippen LogP contribution < -0.4 is 9.64 Å². The van der Waals surface area contributed by atoms with Gasteiger partial charge in [-0.1, -0.05) is 6.07 Å². The van der Waals surface area contributed by atoms with E-state index in [1.807, 2.05) is 19.1 Å². The Bertz CT molecular complexity index is 697. The second-order valence-corrected chi connectivity index (χ2v) is 6.25. The maximum atomic E-state index is 9.47. The van der Waals surface area contributed by atoms with Gasteiger partial charge < -0.3 is 14.7 Å². The number of ether oxygens (including phenoxy) is 1. The van der Waals surface area contributed by atoms with Gasteiger partial charge in [0.25, 0.3) is 0 Å². The number of rotatable bonds is 6. The van der Waals surface area contributed by atoms with E-state index in [1.54, 1.807) is 19.4 Å². The van der Waals surface area contributed by atoms with Gasteiger partial charge in [-0.2, -0.15) is 4.98 Å². The highest BCUT2D eigenvalue weighted by atomic mass is 16.5. The Hall–Kier alpha value is -2.25. The first-order valence-corrected chi connectivity index (χ1v) is 8.59. The fraction of sp³-hybridized carbons (Fsp3) is 0.500. The van der Waals surface area contributed by atoms with E-state index in [0.29, 0.717) is 18.2 Å². The van der Waals surface area contributed by atoms with Crippen molar-refractivity contribution in [1.29, 1.82) is 0 Å². The van der Waals surface area contributed by atoms with Crippen LogP contribution in [0.4, 0.5) is 5.95 Å². The summed E-state index contributed by atoms with van der Waals surface area (Å²) >= 11 is 0. The molecule has 0 aliphatic carbocycles. The number of aryl methyl sites for hydroxylation is 1. The Morgan fingerprint density at radius 2 is 2.12 bits per heavy atom. The molecule has 3 heterocycles. The third-order valence-electron chi connectivity index (χ3n) is 4.49. The molecule has 0 aromatic carbocycles. The molecule has 1 atom stereocenters. The van der Waals surface area contributed by atoms with E-state index in [4.69, 9.17) is 4.74 Å². The molecule has 0 bridgehead atoms. The van der Waals surface area contributed by atoms with E-state index in [-0.39, 0.29) is 12.6 Å². The van der Waals surface area contributed by atoms with Gasteiger partial charge in [-0.05, 0) is 25.5 Å². The zero-order valence-corrected chi connectivity index (χ0v) is 14.8. The topological polar surface area (TPSA) is 74.6 Å². The first-order chi connectivity index (χ1) is 12.2. The first kappa shape index (κ1) is 17.6. The average molecular weight is 343 g/mol. The minimum Gasteiger partial charge on any atom is -0.481 e. The summed E-state index contributed by atoms with van der Waals surface area (Å²) in [6.45, 7) is 5.45. The largest absolute Gasteiger partial charge is 0.481 e. The molecule has 3 rings (SSSR count). The quantitative estimate of drug-likeness (QED) is 0.846. The lowest BCUT2D eigenvalue weighted by Gasteiger charge is -2.41. The van der Waals surface area contributed by atoms with Crippen LogP contribution in [0, 0.1) is 6.92 Å². The fourth-order valence-electron chi connectivity index (χ4n) is 3.20. The molecule has 134 valence electrons. The lowest BCUT2D eigenvalue weighted by atomic mass is 10.1. The third kappa shape index (κ3) is 4.43. The molecule has 0 unspecified atom stereocenters. The number of nitrogens with zero attached hydrogens (tertiary/aromatic N) is 5. The summed E-state index contributed by atoms with van der Waals surface area (Å²) in [5, 5.41) is 9.47. The van der Waals surface area contributed by atoms with Crippen LogP contribution in [0.1, 0.15) is 17.8 Å². The summed E-state index contributed by atoms with van der Waals surface area (Å²) in [5.74, 6) is 1.24. The maximum absolute atomic E-state index is 9.47. The highest BCUT2D eigenvalue weighted by Gasteiger charge is 2.28. The van der Waals surface area contributed by atoms with Crippen LogP contribution in [0.5, 0.6) is 5.88 Å². The molecule has 1 saturated heterocycles. The van der Waals surface area contributed by atoms with Gasteiger partial charge in [-0.25, -0.2) is 4.98 Å². The smallest absolute Gasteiger partial charge is 0.228 e. The Kier molecular flexibility index (Phi) is 5.78. The normalized spacial score (nSPS) is 18.4. The molecule has 2 aromatic rings. The molecule has 7 heteroatoms. The van der Waals surface area contributed by atoms with E-state index in [1.165, 1.54) is 0 Å². The van der Waals surface area contributed by atoms with Crippen molar-refractivity contribution in [2.24, 2.45) is 0 Å². The van der Waals surface area contributed by atoms with Crippen molar-refractivity contribution >= 4 is 5.95 Å². The van der Waals surface area contributed by atoms with Gasteiger partial charge in [0, 0.05) is 56.8 Å². The van der Waals surface area contributed by atoms with Crippen LogP contribution in [0.3, 0.4) is 0 Å². The minimum atomic E-state index is 0.162. The van der Waals surface area contributed by atoms with Crippen LogP contribution in [0.25, 0.3) is 0 Å². The number of pyridine rings is 1. The van der Waals surface area contributed by atoms with Crippen molar-refractivity contribution < 1.29 is 9.84 Å². The summed E-state index contributed by atoms with van der Waals surface area (Å²) in [7, 11) is 1.60. The number of hydrogen-bond donors (Lipinski definition) is 1. The van der Waals surface area contributed by atoms with Crippen LogP contribution in [0.15, 0.2) is 30.5 Å². The monoisotopic (exact) mass is 343 g/mol. The zero-order chi connectivity index (χ0) is 17.6. The summed E-state index contributed by atoms with van der Waals surface area (Å²) in [6.07, 6.45) is 2.43. The van der Waals surface area contributed by atoms with Crippen LogP contribution >= 0.6 is 0 Å². The molecule has 25 heavy (non-hydrogen) atoms. The van der Waals surface area contributed by atoms with Gasteiger partial charge in [0.05, 0.1) is 12.8 Å². The Balaban J connectivity index is 1.71. The van der Waals surface area contributed by atoms with E-state index >= 15 is 0 Å². The van der Waals surface area contributed by atoms with Crippen molar-refractivity contribution in [3.63, 3.8) is 0 Å². The number of aliphatic hydroxyl groups excluding tert-OH is 1. The second-order valence-electron chi connectivity index (χ2n) is 6.25. The van der Waals surface area contributed by atoms with Crippen molar-refractivity contribution in [1.82, 2.24) is 19.9 Å². The van der Waals surface area contributed by atoms with E-state index in [9.17, 15) is 5.11 Å². The summed E-state index contributed by atoms with van der Waals surface area (Å²) < 4.78 is 5.19. The van der Waals surface area contributed by atoms with Gasteiger partial charge in [0.1, 0.15) is 0 Å². The number of aliphatic hydroxyl groups is 1. The molecular weight excluding hydrogens is 318 g/mol. The molecular formula is C18H25N5O2. The van der Waals surface area contributed by atoms with Crippen LogP contribution in [-0.4, -0.2) is 64.4 Å². The molecule has 2 aromatic heterocycles. The average Bonchev–Trinajstić information content (AvgIpc) is 2.63. The number of aromatic nitrogens is 3. The number of anilines is 1. The van der Waals surface area contributed by atoms with Crippen molar-refractivity contribution in [3.8, 4) is 5.88 Å². The van der Waals surface area contributed by atoms with Gasteiger partial charge in [0.15, 0.2) is 0 Å². The van der Waals surface area contributed by atoms with Crippen molar-refractivity contribution in [2.45, 2.75) is 25.9 Å². The predicted octanol–water partition coefficient (Wildman–Crippen LogP) is 1.26. The highest BCUT2D eigenvalue weighted by molar-refractivity contribution is 5.33. The van der Waals surface area contributed by atoms with E-state index in [2.05, 4.69) is 30.8 Å². The Morgan fingerprint density at radius 3 is 2.88 bits per heavy atom. The number of hydrogen-bond acceptors (Lipinski definition) is 7. The zero-order valence-electron chi connectivity index (χ0n) is 14.8. The van der Waals surface area contributed by atoms with E-state index in [0.717, 1.165) is 37.6 Å². The van der Waals surface area contributed by atoms with Gasteiger partial charge in [-0.15, -0.1) is 0 Å². The Morgan fingerprint density at radius 1 is 1.24 bits per heavy atom. The summed E-state index contributed by atoms with van der Waals surface area (Å²) in [4.78, 5) is 17.9. The van der Waals surface area contributed by atoms with Crippen LogP contribution in [-0.2, 0) is 6.54 Å². The lowest BCUT2D eigenvalue weighted by molar-refractivity contribution is 0.133. The minimum absolute atomic E-state index is 0.162. The van der Waals surface area contributed by atoms with E-state index < -0.39 is 0 Å². The van der Waals surface area contributed by atoms with Crippen molar-refractivity contribution in [3.05, 3.63) is 41.9 Å². The standard InChI is InChI=1S/C18H25N5O2/c1-14-4-3-5-15(20-14)12-22-9-10-23(13-16(22)7-11-24)18-19-8-6-17(21-18)25-2/h3-6,8,16,24H,7,9-13H2,1-2H3/t16-/m0/s1. The molecule has 0 amide bonds. The molecule has 0 saturated carbocycles. The predicted molar refractivity (Wildman–Crippen MR) is 95.7 cm³/mol. The molecule has 1 fully saturated rings. The molecule has 1 aliphatic heterocycles. The van der Waals surface area contributed by atoms with Crippen LogP contribution in [0.2, 0.25) is 0 Å². The Labute approximate surface area is 148 Å². The summed E-state index contributed by atoms with van der Waals surface area (Å²) in [6, 6.07) is 8.08. The third-order valence-corrected chi connectivity index (χ3v) is 4.49. The van der Waals surface area contributed by atoms with Gasteiger partial charge >= 0.3 is 0 Å². The highest BCUT2D eigenvalue weighted by Crippen LogP contribution is 2.20. The van der Waals surface area contributed by atoms with Crippen molar-refractivity contribution in [2.75, 3.05) is 38.3 Å². The van der Waals surface area contributed by atoms with Gasteiger partial charge in [0.2, 0.25) is 11.8 Å². The fourth-order valence-corrected chi connectivity index (χ4v) is 3.20. The molecule has 0 spiro atoms. The van der Waals surface area contributed by atoms with Gasteiger partial charge in [-0.3, -0.25) is 9.88 Å². The number of piperazine rings is 1. The SMILES string of the molecule is COc1ccnc(N2CCN(Cc3cccc(C)n3)[C@@H](CCO)C2)n1. The molecule has 1 aliphatic rings. The first-order valence-electron chi connectivity index (χ1n) is 8.59.